The number of hydrogen-bond donors (Lipinski definition) is 2. The molecule has 0 bridgehead atoms. The second-order valence-electron chi connectivity index (χ2n) is 11.5. The Labute approximate surface area is 274 Å². The summed E-state index contributed by atoms with van der Waals surface area (Å²) in [6, 6.07) is 27.7. The first-order valence-corrected chi connectivity index (χ1v) is 15.5. The van der Waals surface area contributed by atoms with Crippen LogP contribution in [0.2, 0.25) is 0 Å². The molecule has 0 fully saturated rings. The zero-order valence-electron chi connectivity index (χ0n) is 27.5. The highest BCUT2D eigenvalue weighted by Crippen LogP contribution is 2.13. The van der Waals surface area contributed by atoms with Crippen molar-refractivity contribution in [2.24, 2.45) is 5.92 Å². The molecule has 0 saturated heterocycles. The maximum absolute atomic E-state index is 13.1. The molecule has 8 nitrogen and oxygen atoms in total. The van der Waals surface area contributed by atoms with Crippen LogP contribution in [0.4, 0.5) is 0 Å². The monoisotopic (exact) mass is 627 g/mol. The zero-order valence-corrected chi connectivity index (χ0v) is 27.5. The quantitative estimate of drug-likeness (QED) is 0.138. The molecule has 3 rings (SSSR count). The van der Waals surface area contributed by atoms with E-state index in [-0.39, 0.29) is 18.4 Å². The van der Waals surface area contributed by atoms with Gasteiger partial charge in [-0.15, -0.1) is 13.2 Å². The third kappa shape index (κ3) is 13.2. The predicted molar refractivity (Wildman–Crippen MR) is 184 cm³/mol. The molecule has 46 heavy (non-hydrogen) atoms. The molecule has 1 unspecified atom stereocenters. The van der Waals surface area contributed by atoms with Gasteiger partial charge in [-0.1, -0.05) is 117 Å². The second kappa shape index (κ2) is 20.5. The van der Waals surface area contributed by atoms with Crippen LogP contribution < -0.4 is 5.32 Å². The van der Waals surface area contributed by atoms with Gasteiger partial charge in [0.25, 0.3) is 0 Å². The number of carboxylic acid groups (broad SMARTS) is 1. The Morgan fingerprint density at radius 3 is 1.57 bits per heavy atom. The van der Waals surface area contributed by atoms with Crippen molar-refractivity contribution in [2.45, 2.75) is 64.5 Å². The number of nitrogens with zero attached hydrogens (tertiary/aromatic N) is 2. The number of nitrogens with one attached hydrogen (secondary N) is 1. The van der Waals surface area contributed by atoms with E-state index in [2.05, 4.69) is 18.5 Å². The normalized spacial score (nSPS) is 12.8. The first kappa shape index (κ1) is 37.7. The summed E-state index contributed by atoms with van der Waals surface area (Å²) in [4.78, 5) is 40.5. The molecule has 0 saturated carbocycles. The van der Waals surface area contributed by atoms with Gasteiger partial charge in [0.2, 0.25) is 5.91 Å². The molecular formula is C38H49N3O5. The Morgan fingerprint density at radius 2 is 1.15 bits per heavy atom. The smallest absolute Gasteiger partial charge is 0.329 e. The van der Waals surface area contributed by atoms with Gasteiger partial charge in [-0.3, -0.25) is 19.4 Å². The summed E-state index contributed by atoms with van der Waals surface area (Å²) in [5.41, 5.74) is 3.14. The second-order valence-corrected chi connectivity index (χ2v) is 11.5. The van der Waals surface area contributed by atoms with Gasteiger partial charge in [-0.2, -0.15) is 0 Å². The maximum Gasteiger partial charge on any atom is 0.329 e. The number of esters is 1. The van der Waals surface area contributed by atoms with Crippen LogP contribution in [0.3, 0.4) is 0 Å². The summed E-state index contributed by atoms with van der Waals surface area (Å²) in [5, 5.41) is 12.0. The third-order valence-electron chi connectivity index (χ3n) is 7.42. The largest absolute Gasteiger partial charge is 0.480 e. The average Bonchev–Trinajstić information content (AvgIpc) is 3.05. The fourth-order valence-corrected chi connectivity index (χ4v) is 4.80. The first-order valence-electron chi connectivity index (χ1n) is 15.5. The number of likely N-dealkylation sites (N-methyl/N-ethyl adjacent to an activating group) is 2. The Bertz CT molecular complexity index is 1350. The lowest BCUT2D eigenvalue weighted by atomic mass is 10.0. The number of aliphatic carboxylic acids is 1. The van der Waals surface area contributed by atoms with Crippen LogP contribution in [0.5, 0.6) is 0 Å². The van der Waals surface area contributed by atoms with E-state index in [0.717, 1.165) is 16.7 Å². The van der Waals surface area contributed by atoms with E-state index in [9.17, 15) is 14.4 Å². The van der Waals surface area contributed by atoms with E-state index >= 15 is 0 Å². The molecule has 0 radical (unpaired) electrons. The summed E-state index contributed by atoms with van der Waals surface area (Å²) in [6.07, 6.45) is 4.31. The summed E-state index contributed by atoms with van der Waals surface area (Å²) in [6.45, 7) is 12.6. The van der Waals surface area contributed by atoms with Gasteiger partial charge in [0.05, 0.1) is 6.04 Å². The molecule has 1 amide bonds. The van der Waals surface area contributed by atoms with Crippen LogP contribution in [0, 0.1) is 5.92 Å². The van der Waals surface area contributed by atoms with Crippen molar-refractivity contribution in [2.75, 3.05) is 14.1 Å². The van der Waals surface area contributed by atoms with Gasteiger partial charge in [0.15, 0.2) is 0 Å². The first-order chi connectivity index (χ1) is 22.1. The molecule has 2 N–H and O–H groups in total. The third-order valence-corrected chi connectivity index (χ3v) is 7.42. The van der Waals surface area contributed by atoms with E-state index in [1.54, 1.807) is 12.2 Å². The number of carbonyl (C=O) groups is 3. The molecule has 8 heteroatoms. The highest BCUT2D eigenvalue weighted by Gasteiger charge is 2.30. The Hall–Kier alpha value is -4.53. The fraction of sp³-hybridized carbons (Fsp3) is 0.342. The van der Waals surface area contributed by atoms with Gasteiger partial charge in [-0.25, -0.2) is 4.79 Å². The Balaban J connectivity index is 0.000000387. The molecule has 0 heterocycles. The standard InChI is InChI=1S/C25H32N2O3.C13H17NO2/c1-5-12-22(27(4)17-20-13-8-6-9-14-20)24(28)26-23(19(2)3)25(29)30-18-21-15-10-7-11-16-21;1-3-7-12(13(15)16)14(2)10-11-8-5-4-6-9-11/h5-11,13-16,19,22-23H,1,12,17-18H2,2-4H3,(H,26,28);3-6,8-9,12H,1,7,10H2,2H3,(H,15,16)/t22-,23?;12-/m00/s1. The lowest BCUT2D eigenvalue weighted by Crippen LogP contribution is -2.52. The Kier molecular flexibility index (Phi) is 16.8. The highest BCUT2D eigenvalue weighted by molar-refractivity contribution is 5.87. The maximum atomic E-state index is 13.1. The molecule has 0 aliphatic carbocycles. The number of carboxylic acids is 1. The van der Waals surface area contributed by atoms with Crippen LogP contribution in [0.1, 0.15) is 43.4 Å². The van der Waals surface area contributed by atoms with Gasteiger partial charge >= 0.3 is 11.9 Å². The SMILES string of the molecule is C=CC[C@@H](C(=O)NC(C(=O)OCc1ccccc1)C(C)C)N(C)Cc1ccccc1.C=CC[C@@H](C(=O)O)N(C)Cc1ccccc1. The zero-order chi connectivity index (χ0) is 33.9. The lowest BCUT2D eigenvalue weighted by Gasteiger charge is -2.29. The van der Waals surface area contributed by atoms with Crippen LogP contribution in [0.15, 0.2) is 116 Å². The summed E-state index contributed by atoms with van der Waals surface area (Å²) < 4.78 is 5.46. The van der Waals surface area contributed by atoms with Crippen molar-refractivity contribution in [3.05, 3.63) is 133 Å². The van der Waals surface area contributed by atoms with Crippen LogP contribution in [-0.2, 0) is 38.8 Å². The molecule has 0 aliphatic heterocycles. The van der Waals surface area contributed by atoms with Gasteiger partial charge in [0.1, 0.15) is 18.7 Å². The topological polar surface area (TPSA) is 99.2 Å². The highest BCUT2D eigenvalue weighted by atomic mass is 16.5. The van der Waals surface area contributed by atoms with Crippen molar-refractivity contribution < 1.29 is 24.2 Å². The minimum absolute atomic E-state index is 0.0963. The lowest BCUT2D eigenvalue weighted by molar-refractivity contribution is -0.151. The number of hydrogen-bond acceptors (Lipinski definition) is 6. The molecule has 3 atom stereocenters. The van der Waals surface area contributed by atoms with Gasteiger partial charge in [-0.05, 0) is 49.5 Å². The van der Waals surface area contributed by atoms with E-state index < -0.39 is 30.1 Å². The number of ether oxygens (including phenoxy) is 1. The summed E-state index contributed by atoms with van der Waals surface area (Å²) >= 11 is 0. The van der Waals surface area contributed by atoms with Crippen molar-refractivity contribution >= 4 is 17.8 Å². The van der Waals surface area contributed by atoms with Crippen molar-refractivity contribution in [3.63, 3.8) is 0 Å². The van der Waals surface area contributed by atoms with Gasteiger partial charge < -0.3 is 15.2 Å². The van der Waals surface area contributed by atoms with E-state index in [1.807, 2.05) is 129 Å². The summed E-state index contributed by atoms with van der Waals surface area (Å²) in [5.74, 6) is -1.53. The predicted octanol–water partition coefficient (Wildman–Crippen LogP) is 6.10. The number of benzene rings is 3. The number of rotatable bonds is 17. The number of amides is 1. The Morgan fingerprint density at radius 1 is 0.739 bits per heavy atom. The molecule has 0 spiro atoms. The molecule has 3 aromatic rings. The fourth-order valence-electron chi connectivity index (χ4n) is 4.80. The minimum atomic E-state index is -0.807. The van der Waals surface area contributed by atoms with Crippen LogP contribution in [-0.4, -0.2) is 65.0 Å². The molecule has 0 aromatic heterocycles. The minimum Gasteiger partial charge on any atom is -0.480 e. The number of carbonyl (C=O) groups excluding carboxylic acids is 2. The van der Waals surface area contributed by atoms with Crippen molar-refractivity contribution in [1.82, 2.24) is 15.1 Å². The van der Waals surface area contributed by atoms with Crippen molar-refractivity contribution in [1.29, 1.82) is 0 Å². The van der Waals surface area contributed by atoms with Gasteiger partial charge in [0, 0.05) is 13.1 Å². The molecule has 246 valence electrons. The average molecular weight is 628 g/mol. The van der Waals surface area contributed by atoms with E-state index in [0.29, 0.717) is 25.9 Å². The molecular weight excluding hydrogens is 578 g/mol. The molecule has 3 aromatic carbocycles. The molecule has 0 aliphatic rings. The van der Waals surface area contributed by atoms with E-state index in [1.165, 1.54) is 0 Å². The summed E-state index contributed by atoms with van der Waals surface area (Å²) in [7, 11) is 3.72. The van der Waals surface area contributed by atoms with E-state index in [4.69, 9.17) is 9.84 Å². The van der Waals surface area contributed by atoms with Crippen LogP contribution in [0.25, 0.3) is 0 Å². The van der Waals surface area contributed by atoms with Crippen LogP contribution >= 0.6 is 0 Å². The van der Waals surface area contributed by atoms with Crippen molar-refractivity contribution in [3.8, 4) is 0 Å².